The third-order valence-corrected chi connectivity index (χ3v) is 5.68. The summed E-state index contributed by atoms with van der Waals surface area (Å²) in [4.78, 5) is 15.5. The van der Waals surface area contributed by atoms with Crippen molar-refractivity contribution in [3.63, 3.8) is 0 Å². The zero-order valence-electron chi connectivity index (χ0n) is 13.2. The van der Waals surface area contributed by atoms with Crippen LogP contribution in [0.1, 0.15) is 71.6 Å². The Bertz CT molecular complexity index is 323. The number of alkyl halides is 1. The second kappa shape index (κ2) is 7.29. The van der Waals surface area contributed by atoms with Crippen LogP contribution in [-0.2, 0) is 4.79 Å². The molecule has 2 rings (SSSR count). The number of carbonyl (C=O) groups is 1. The van der Waals surface area contributed by atoms with Crippen LogP contribution in [-0.4, -0.2) is 28.7 Å². The highest BCUT2D eigenvalue weighted by Gasteiger charge is 2.45. The molecule has 0 radical (unpaired) electrons. The number of rotatable bonds is 6. The number of hydrogen-bond donors (Lipinski definition) is 0. The van der Waals surface area contributed by atoms with Crippen molar-refractivity contribution in [2.75, 3.05) is 11.9 Å². The van der Waals surface area contributed by atoms with Crippen molar-refractivity contribution in [3.05, 3.63) is 0 Å². The molecule has 116 valence electrons. The van der Waals surface area contributed by atoms with Crippen LogP contribution in [0.15, 0.2) is 0 Å². The topological polar surface area (TPSA) is 20.3 Å². The Balaban J connectivity index is 2.06. The lowest BCUT2D eigenvalue weighted by Crippen LogP contribution is -2.45. The van der Waals surface area contributed by atoms with E-state index < -0.39 is 0 Å². The summed E-state index contributed by atoms with van der Waals surface area (Å²) in [6, 6.07) is 0.518. The van der Waals surface area contributed by atoms with E-state index in [1.807, 2.05) is 0 Å². The summed E-state index contributed by atoms with van der Waals surface area (Å²) in [5, 5.41) is 1.06. The first-order valence-corrected chi connectivity index (χ1v) is 9.58. The van der Waals surface area contributed by atoms with E-state index in [1.54, 1.807) is 0 Å². The van der Waals surface area contributed by atoms with E-state index in [4.69, 9.17) is 0 Å². The maximum Gasteiger partial charge on any atom is 0.229 e. The number of nitrogens with zero attached hydrogens (tertiary/aromatic N) is 1. The monoisotopic (exact) mass is 343 g/mol. The number of likely N-dealkylation sites (tertiary alicyclic amines) is 1. The number of carbonyl (C=O) groups excluding carboxylic acids is 1. The van der Waals surface area contributed by atoms with Crippen molar-refractivity contribution in [2.24, 2.45) is 11.3 Å². The van der Waals surface area contributed by atoms with Gasteiger partial charge in [-0.05, 0) is 50.9 Å². The van der Waals surface area contributed by atoms with Crippen LogP contribution in [0.25, 0.3) is 0 Å². The lowest BCUT2D eigenvalue weighted by atomic mass is 9.77. The Labute approximate surface area is 132 Å². The van der Waals surface area contributed by atoms with Crippen molar-refractivity contribution in [2.45, 2.75) is 77.7 Å². The van der Waals surface area contributed by atoms with Gasteiger partial charge in [0.2, 0.25) is 5.91 Å². The highest BCUT2D eigenvalue weighted by Crippen LogP contribution is 2.45. The van der Waals surface area contributed by atoms with Crippen LogP contribution in [0, 0.1) is 11.3 Å². The smallest absolute Gasteiger partial charge is 0.229 e. The molecular weight excluding hydrogens is 314 g/mol. The van der Waals surface area contributed by atoms with Crippen LogP contribution in [0.2, 0.25) is 0 Å². The molecule has 1 aliphatic carbocycles. The Morgan fingerprint density at radius 2 is 2.00 bits per heavy atom. The molecule has 0 aromatic carbocycles. The van der Waals surface area contributed by atoms with Gasteiger partial charge in [-0.1, -0.05) is 42.6 Å². The molecule has 0 aromatic heterocycles. The SMILES string of the molecule is CC(C)CC1(C(=O)N2CCCC2CCCBr)CCCC1. The third kappa shape index (κ3) is 3.58. The van der Waals surface area contributed by atoms with Gasteiger partial charge in [0.25, 0.3) is 0 Å². The minimum atomic E-state index is -0.00877. The minimum Gasteiger partial charge on any atom is -0.339 e. The fourth-order valence-electron chi connectivity index (χ4n) is 4.36. The standard InChI is InChI=1S/C17H30BrNO/c1-14(2)13-17(9-3-4-10-17)16(20)19-12-6-8-15(19)7-5-11-18/h14-15H,3-13H2,1-2H3. The number of amides is 1. The van der Waals surface area contributed by atoms with Crippen LogP contribution in [0.5, 0.6) is 0 Å². The van der Waals surface area contributed by atoms with Gasteiger partial charge in [0.1, 0.15) is 0 Å². The first-order chi connectivity index (χ1) is 9.59. The van der Waals surface area contributed by atoms with Crippen molar-refractivity contribution < 1.29 is 4.79 Å². The predicted octanol–water partition coefficient (Wildman–Crippen LogP) is 4.76. The Morgan fingerprint density at radius 1 is 1.30 bits per heavy atom. The van der Waals surface area contributed by atoms with Gasteiger partial charge in [-0.3, -0.25) is 4.79 Å². The van der Waals surface area contributed by atoms with E-state index in [9.17, 15) is 4.79 Å². The molecule has 1 saturated heterocycles. The normalized spacial score (nSPS) is 25.6. The molecule has 1 amide bonds. The maximum atomic E-state index is 13.2. The Hall–Kier alpha value is -0.0500. The Morgan fingerprint density at radius 3 is 2.60 bits per heavy atom. The zero-order valence-corrected chi connectivity index (χ0v) is 14.8. The van der Waals surface area contributed by atoms with Gasteiger partial charge < -0.3 is 4.90 Å². The van der Waals surface area contributed by atoms with Crippen LogP contribution in [0.4, 0.5) is 0 Å². The van der Waals surface area contributed by atoms with Crippen LogP contribution in [0.3, 0.4) is 0 Å². The van der Waals surface area contributed by atoms with Crippen molar-refractivity contribution in [1.82, 2.24) is 4.90 Å². The fraction of sp³-hybridized carbons (Fsp3) is 0.941. The molecule has 0 N–H and O–H groups in total. The molecule has 20 heavy (non-hydrogen) atoms. The van der Waals surface area contributed by atoms with Crippen LogP contribution >= 0.6 is 15.9 Å². The molecule has 1 unspecified atom stereocenters. The van der Waals surface area contributed by atoms with Gasteiger partial charge in [0, 0.05) is 23.3 Å². The van der Waals surface area contributed by atoms with E-state index in [1.165, 1.54) is 38.5 Å². The quantitative estimate of drug-likeness (QED) is 0.636. The average molecular weight is 344 g/mol. The first kappa shape index (κ1) is 16.3. The van der Waals surface area contributed by atoms with E-state index in [0.717, 1.165) is 31.1 Å². The fourth-order valence-corrected chi connectivity index (χ4v) is 4.68. The lowest BCUT2D eigenvalue weighted by molar-refractivity contribution is -0.144. The van der Waals surface area contributed by atoms with Crippen molar-refractivity contribution >= 4 is 21.8 Å². The van der Waals surface area contributed by atoms with Gasteiger partial charge in [0.15, 0.2) is 0 Å². The third-order valence-electron chi connectivity index (χ3n) is 5.12. The van der Waals surface area contributed by atoms with Gasteiger partial charge in [-0.15, -0.1) is 0 Å². The molecule has 1 saturated carbocycles. The van der Waals surface area contributed by atoms with Gasteiger partial charge in [0.05, 0.1) is 0 Å². The number of hydrogen-bond acceptors (Lipinski definition) is 1. The molecule has 2 fully saturated rings. The van der Waals surface area contributed by atoms with Gasteiger partial charge in [-0.25, -0.2) is 0 Å². The molecule has 3 heteroatoms. The van der Waals surface area contributed by atoms with E-state index in [2.05, 4.69) is 34.7 Å². The molecule has 2 nitrogen and oxygen atoms in total. The zero-order chi connectivity index (χ0) is 14.6. The summed E-state index contributed by atoms with van der Waals surface area (Å²) in [7, 11) is 0. The summed E-state index contributed by atoms with van der Waals surface area (Å²) in [6.45, 7) is 5.53. The van der Waals surface area contributed by atoms with Gasteiger partial charge >= 0.3 is 0 Å². The highest BCUT2D eigenvalue weighted by atomic mass is 79.9. The summed E-state index contributed by atoms with van der Waals surface area (Å²) >= 11 is 3.52. The molecular formula is C17H30BrNO. The summed E-state index contributed by atoms with van der Waals surface area (Å²) in [6.07, 6.45) is 10.6. The van der Waals surface area contributed by atoms with E-state index in [-0.39, 0.29) is 5.41 Å². The number of halogens is 1. The largest absolute Gasteiger partial charge is 0.339 e. The van der Waals surface area contributed by atoms with Crippen LogP contribution < -0.4 is 0 Å². The molecule has 1 aliphatic heterocycles. The van der Waals surface area contributed by atoms with E-state index >= 15 is 0 Å². The molecule has 0 spiro atoms. The predicted molar refractivity (Wildman–Crippen MR) is 88.1 cm³/mol. The molecule has 1 atom stereocenters. The Kier molecular flexibility index (Phi) is 5.95. The van der Waals surface area contributed by atoms with Crippen molar-refractivity contribution in [3.8, 4) is 0 Å². The molecule has 0 aromatic rings. The lowest BCUT2D eigenvalue weighted by Gasteiger charge is -2.36. The summed E-state index contributed by atoms with van der Waals surface area (Å²) in [5.41, 5.74) is -0.00877. The average Bonchev–Trinajstić information content (AvgIpc) is 3.04. The molecule has 1 heterocycles. The van der Waals surface area contributed by atoms with Crippen molar-refractivity contribution in [1.29, 1.82) is 0 Å². The summed E-state index contributed by atoms with van der Waals surface area (Å²) < 4.78 is 0. The van der Waals surface area contributed by atoms with E-state index in [0.29, 0.717) is 17.9 Å². The second-order valence-electron chi connectivity index (χ2n) is 7.21. The molecule has 0 bridgehead atoms. The highest BCUT2D eigenvalue weighted by molar-refractivity contribution is 9.09. The molecule has 2 aliphatic rings. The second-order valence-corrected chi connectivity index (χ2v) is 8.00. The minimum absolute atomic E-state index is 0.00877. The summed E-state index contributed by atoms with van der Waals surface area (Å²) in [5.74, 6) is 1.13. The van der Waals surface area contributed by atoms with Gasteiger partial charge in [-0.2, -0.15) is 0 Å². The first-order valence-electron chi connectivity index (χ1n) is 8.46. The maximum absolute atomic E-state index is 13.2.